The normalized spacial score (nSPS) is 17.2. The van der Waals surface area contributed by atoms with Crippen LogP contribution in [0.1, 0.15) is 25.7 Å². The van der Waals surface area contributed by atoms with Gasteiger partial charge in [-0.25, -0.2) is 8.42 Å². The zero-order valence-electron chi connectivity index (χ0n) is 9.68. The molecule has 1 rings (SSSR count). The van der Waals surface area contributed by atoms with Crippen molar-refractivity contribution >= 4 is 16.0 Å². The third-order valence-corrected chi connectivity index (χ3v) is 4.00. The summed E-state index contributed by atoms with van der Waals surface area (Å²) in [6.45, 7) is 0. The maximum absolute atomic E-state index is 11.6. The summed E-state index contributed by atoms with van der Waals surface area (Å²) in [7, 11) is -2.22. The molecule has 0 saturated heterocycles. The molecule has 0 heterocycles. The molecule has 1 aliphatic rings. The fourth-order valence-corrected chi connectivity index (χ4v) is 2.69. The van der Waals surface area contributed by atoms with Gasteiger partial charge in [0.25, 0.3) is 0 Å². The Morgan fingerprint density at radius 2 is 2.24 bits per heavy atom. The average molecular weight is 260 g/mol. The smallest absolute Gasteiger partial charge is 0.305 e. The molecule has 0 amide bonds. The Kier molecular flexibility index (Phi) is 4.90. The van der Waals surface area contributed by atoms with Gasteiger partial charge in [-0.1, -0.05) is 0 Å². The maximum Gasteiger partial charge on any atom is 0.305 e. The first kappa shape index (κ1) is 13.9. The van der Waals surface area contributed by atoms with Gasteiger partial charge in [-0.15, -0.1) is 0 Å². The van der Waals surface area contributed by atoms with Crippen molar-refractivity contribution in [3.8, 4) is 6.07 Å². The highest BCUT2D eigenvalue weighted by atomic mass is 32.2. The first-order chi connectivity index (χ1) is 7.98. The van der Waals surface area contributed by atoms with E-state index in [2.05, 4.69) is 9.46 Å². The van der Waals surface area contributed by atoms with Gasteiger partial charge in [0.15, 0.2) is 0 Å². The second-order valence-electron chi connectivity index (χ2n) is 4.06. The molecule has 7 heteroatoms. The van der Waals surface area contributed by atoms with Crippen LogP contribution in [0.25, 0.3) is 0 Å². The number of ether oxygens (including phenoxy) is 1. The molecular weight excluding hydrogens is 244 g/mol. The van der Waals surface area contributed by atoms with Crippen LogP contribution < -0.4 is 4.72 Å². The lowest BCUT2D eigenvalue weighted by atomic mass is 10.2. The third kappa shape index (κ3) is 5.15. The third-order valence-electron chi connectivity index (χ3n) is 2.56. The number of carbonyl (C=O) groups excluding carboxylic acids is 1. The Hall–Kier alpha value is -1.13. The molecule has 1 unspecified atom stereocenters. The lowest BCUT2D eigenvalue weighted by Crippen LogP contribution is -2.36. The Balaban J connectivity index is 2.35. The van der Waals surface area contributed by atoms with E-state index in [1.807, 2.05) is 6.07 Å². The predicted octanol–water partition coefficient (Wildman–Crippen LogP) is 0.161. The van der Waals surface area contributed by atoms with Crippen molar-refractivity contribution < 1.29 is 17.9 Å². The Morgan fingerprint density at radius 1 is 1.59 bits per heavy atom. The molecule has 6 nitrogen and oxygen atoms in total. The second-order valence-corrected chi connectivity index (χ2v) is 5.93. The van der Waals surface area contributed by atoms with Crippen LogP contribution in [0.5, 0.6) is 0 Å². The van der Waals surface area contributed by atoms with Gasteiger partial charge >= 0.3 is 5.97 Å². The second kappa shape index (κ2) is 5.98. The molecule has 0 spiro atoms. The highest BCUT2D eigenvalue weighted by molar-refractivity contribution is 7.89. The zero-order valence-corrected chi connectivity index (χ0v) is 10.5. The molecule has 0 aromatic rings. The summed E-state index contributed by atoms with van der Waals surface area (Å²) in [6.07, 6.45) is 2.05. The number of hydrogen-bond donors (Lipinski definition) is 1. The fourth-order valence-electron chi connectivity index (χ4n) is 1.42. The SMILES string of the molecule is COC(=O)CCCS(=O)(=O)NC(C#N)C1CC1. The van der Waals surface area contributed by atoms with E-state index in [1.54, 1.807) is 0 Å². The minimum Gasteiger partial charge on any atom is -0.469 e. The Labute approximate surface area is 101 Å². The number of hydrogen-bond acceptors (Lipinski definition) is 5. The molecule has 1 saturated carbocycles. The van der Waals surface area contributed by atoms with Crippen LogP contribution in [0.3, 0.4) is 0 Å². The zero-order chi connectivity index (χ0) is 12.9. The molecule has 0 aromatic carbocycles. The summed E-state index contributed by atoms with van der Waals surface area (Å²) < 4.78 is 29.9. The van der Waals surface area contributed by atoms with Gasteiger partial charge in [-0.2, -0.15) is 9.98 Å². The maximum atomic E-state index is 11.6. The molecule has 0 aliphatic heterocycles. The van der Waals surface area contributed by atoms with Crippen LogP contribution in [0.15, 0.2) is 0 Å². The molecule has 1 fully saturated rings. The van der Waals surface area contributed by atoms with E-state index in [4.69, 9.17) is 5.26 Å². The highest BCUT2D eigenvalue weighted by Crippen LogP contribution is 2.32. The van der Waals surface area contributed by atoms with Gasteiger partial charge in [0.1, 0.15) is 6.04 Å². The van der Waals surface area contributed by atoms with Crippen molar-refractivity contribution in [2.45, 2.75) is 31.7 Å². The van der Waals surface area contributed by atoms with Gasteiger partial charge < -0.3 is 4.74 Å². The van der Waals surface area contributed by atoms with Gasteiger partial charge in [-0.05, 0) is 25.2 Å². The minimum atomic E-state index is -3.48. The molecule has 0 radical (unpaired) electrons. The largest absolute Gasteiger partial charge is 0.469 e. The van der Waals surface area contributed by atoms with E-state index in [-0.39, 0.29) is 24.5 Å². The number of carbonyl (C=O) groups is 1. The molecule has 1 N–H and O–H groups in total. The van der Waals surface area contributed by atoms with Gasteiger partial charge in [0.05, 0.1) is 18.9 Å². The number of rotatable bonds is 7. The number of nitrogens with zero attached hydrogens (tertiary/aromatic N) is 1. The van der Waals surface area contributed by atoms with Crippen molar-refractivity contribution in [1.29, 1.82) is 5.26 Å². The molecule has 17 heavy (non-hydrogen) atoms. The van der Waals surface area contributed by atoms with Crippen molar-refractivity contribution in [3.63, 3.8) is 0 Å². The van der Waals surface area contributed by atoms with Crippen LogP contribution in [0, 0.1) is 17.2 Å². The molecule has 0 bridgehead atoms. The number of nitrogens with one attached hydrogen (secondary N) is 1. The van der Waals surface area contributed by atoms with Crippen LogP contribution in [0.4, 0.5) is 0 Å². The van der Waals surface area contributed by atoms with Gasteiger partial charge in [0, 0.05) is 6.42 Å². The monoisotopic (exact) mass is 260 g/mol. The molecular formula is C10H16N2O4S. The quantitative estimate of drug-likeness (QED) is 0.658. The van der Waals surface area contributed by atoms with E-state index in [0.29, 0.717) is 0 Å². The summed E-state index contributed by atoms with van der Waals surface area (Å²) in [6, 6.07) is 1.32. The number of nitriles is 1. The van der Waals surface area contributed by atoms with E-state index >= 15 is 0 Å². The number of methoxy groups -OCH3 is 1. The first-order valence-electron chi connectivity index (χ1n) is 5.45. The van der Waals surface area contributed by atoms with E-state index in [0.717, 1.165) is 12.8 Å². The summed E-state index contributed by atoms with van der Waals surface area (Å²) in [4.78, 5) is 10.8. The standard InChI is InChI=1S/C10H16N2O4S/c1-16-10(13)3-2-6-17(14,15)12-9(7-11)8-4-5-8/h8-9,12H,2-6H2,1H3. The van der Waals surface area contributed by atoms with Crippen LogP contribution >= 0.6 is 0 Å². The highest BCUT2D eigenvalue weighted by Gasteiger charge is 2.33. The average Bonchev–Trinajstić information content (AvgIpc) is 3.09. The lowest BCUT2D eigenvalue weighted by molar-refractivity contribution is -0.140. The molecule has 1 aliphatic carbocycles. The van der Waals surface area contributed by atoms with Gasteiger partial charge in [-0.3, -0.25) is 4.79 Å². The summed E-state index contributed by atoms with van der Waals surface area (Å²) in [5.74, 6) is -0.442. The summed E-state index contributed by atoms with van der Waals surface area (Å²) in [5.41, 5.74) is 0. The predicted molar refractivity (Wildman–Crippen MR) is 60.3 cm³/mol. The van der Waals surface area contributed by atoms with E-state index < -0.39 is 22.0 Å². The van der Waals surface area contributed by atoms with Crippen LogP contribution in [-0.4, -0.2) is 33.3 Å². The van der Waals surface area contributed by atoms with E-state index in [1.165, 1.54) is 7.11 Å². The minimum absolute atomic E-state index is 0.0675. The Bertz CT molecular complexity index is 409. The molecule has 96 valence electrons. The summed E-state index contributed by atoms with van der Waals surface area (Å²) >= 11 is 0. The fraction of sp³-hybridized carbons (Fsp3) is 0.800. The van der Waals surface area contributed by atoms with Crippen molar-refractivity contribution in [2.75, 3.05) is 12.9 Å². The first-order valence-corrected chi connectivity index (χ1v) is 7.10. The molecule has 0 aromatic heterocycles. The van der Waals surface area contributed by atoms with Crippen molar-refractivity contribution in [1.82, 2.24) is 4.72 Å². The van der Waals surface area contributed by atoms with Crippen LogP contribution in [0.2, 0.25) is 0 Å². The number of esters is 1. The summed E-state index contributed by atoms with van der Waals surface area (Å²) in [5, 5.41) is 8.80. The number of sulfonamides is 1. The molecule has 1 atom stereocenters. The van der Waals surface area contributed by atoms with Crippen molar-refractivity contribution in [2.24, 2.45) is 5.92 Å². The van der Waals surface area contributed by atoms with E-state index in [9.17, 15) is 13.2 Å². The van der Waals surface area contributed by atoms with Crippen molar-refractivity contribution in [3.05, 3.63) is 0 Å². The lowest BCUT2D eigenvalue weighted by Gasteiger charge is -2.10. The van der Waals surface area contributed by atoms with Gasteiger partial charge in [0.2, 0.25) is 10.0 Å². The Morgan fingerprint density at radius 3 is 2.71 bits per heavy atom. The topological polar surface area (TPSA) is 96.3 Å². The van der Waals surface area contributed by atoms with Crippen LogP contribution in [-0.2, 0) is 19.6 Å².